The number of halogens is 1. The maximum Gasteiger partial charge on any atom is 0.256 e. The van der Waals surface area contributed by atoms with Gasteiger partial charge in [0.25, 0.3) is 5.91 Å². The molecule has 1 aliphatic rings. The molecule has 1 heterocycles. The molecule has 5 nitrogen and oxygen atoms in total. The number of nitrogens with zero attached hydrogens (tertiary/aromatic N) is 1. The molecule has 26 heavy (non-hydrogen) atoms. The second-order valence-corrected chi connectivity index (χ2v) is 7.26. The monoisotopic (exact) mass is 390 g/mol. The van der Waals surface area contributed by atoms with E-state index < -0.39 is 6.04 Å². The number of carbonyl (C=O) groups excluding carboxylic acids is 2. The maximum absolute atomic E-state index is 12.9. The van der Waals surface area contributed by atoms with Crippen LogP contribution in [0.15, 0.2) is 41.3 Å². The van der Waals surface area contributed by atoms with Gasteiger partial charge in [0, 0.05) is 21.7 Å². The van der Waals surface area contributed by atoms with Crippen molar-refractivity contribution in [3.8, 4) is 5.75 Å². The van der Waals surface area contributed by atoms with Crippen molar-refractivity contribution in [1.82, 2.24) is 0 Å². The van der Waals surface area contributed by atoms with Crippen molar-refractivity contribution >= 4 is 46.6 Å². The summed E-state index contributed by atoms with van der Waals surface area (Å²) >= 11 is 7.77. The topological polar surface area (TPSA) is 58.6 Å². The van der Waals surface area contributed by atoms with Crippen molar-refractivity contribution in [2.24, 2.45) is 0 Å². The lowest BCUT2D eigenvalue weighted by Gasteiger charge is -2.19. The first-order valence-electron chi connectivity index (χ1n) is 8.06. The van der Waals surface area contributed by atoms with Gasteiger partial charge in [-0.1, -0.05) is 11.6 Å². The zero-order valence-corrected chi connectivity index (χ0v) is 16.3. The van der Waals surface area contributed by atoms with Gasteiger partial charge in [0.1, 0.15) is 11.8 Å². The highest BCUT2D eigenvalue weighted by atomic mass is 35.5. The second-order valence-electron chi connectivity index (χ2n) is 5.97. The molecular formula is C19H19ClN2O3S. The van der Waals surface area contributed by atoms with E-state index in [0.29, 0.717) is 16.5 Å². The van der Waals surface area contributed by atoms with Gasteiger partial charge in [-0.3, -0.25) is 9.59 Å². The number of carbonyl (C=O) groups is 2. The van der Waals surface area contributed by atoms with E-state index >= 15 is 0 Å². The van der Waals surface area contributed by atoms with Gasteiger partial charge in [-0.2, -0.15) is 0 Å². The summed E-state index contributed by atoms with van der Waals surface area (Å²) in [6, 6.07) is 10.5. The molecule has 1 atom stereocenters. The molecule has 7 heteroatoms. The van der Waals surface area contributed by atoms with Crippen LogP contribution in [-0.4, -0.2) is 31.2 Å². The van der Waals surface area contributed by atoms with Gasteiger partial charge in [0.05, 0.1) is 19.2 Å². The first-order chi connectivity index (χ1) is 12.4. The van der Waals surface area contributed by atoms with Crippen LogP contribution in [0.3, 0.4) is 0 Å². The van der Waals surface area contributed by atoms with Crippen molar-refractivity contribution < 1.29 is 14.3 Å². The molecular weight excluding hydrogens is 372 g/mol. The third-order valence-electron chi connectivity index (χ3n) is 4.28. The number of rotatable bonds is 5. The molecule has 1 N–H and O–H groups in total. The van der Waals surface area contributed by atoms with Crippen molar-refractivity contribution in [3.05, 3.63) is 47.0 Å². The highest BCUT2D eigenvalue weighted by molar-refractivity contribution is 7.98. The summed E-state index contributed by atoms with van der Waals surface area (Å²) in [6.07, 6.45) is 2.09. The summed E-state index contributed by atoms with van der Waals surface area (Å²) in [5, 5.41) is 3.67. The van der Waals surface area contributed by atoms with E-state index in [1.54, 1.807) is 23.9 Å². The largest absolute Gasteiger partial charge is 0.495 e. The highest BCUT2D eigenvalue weighted by Gasteiger charge is 2.41. The first kappa shape index (κ1) is 18.6. The number of thioether (sulfide) groups is 1. The fraction of sp³-hybridized carbons (Fsp3) is 0.263. The van der Waals surface area contributed by atoms with Gasteiger partial charge < -0.3 is 10.1 Å². The Morgan fingerprint density at radius 3 is 2.54 bits per heavy atom. The number of benzene rings is 2. The van der Waals surface area contributed by atoms with E-state index in [9.17, 15) is 9.59 Å². The standard InChI is InChI=1S/C19H19ClN2O3S/c1-11-8-16(17(25-2)9-14(11)20)22-18(23)10-15(19(22)24)21-12-4-6-13(26-3)7-5-12/h4-9,15,21H,10H2,1-3H3. The number of hydrogen-bond acceptors (Lipinski definition) is 5. The third kappa shape index (κ3) is 3.52. The number of methoxy groups -OCH3 is 1. The lowest BCUT2D eigenvalue weighted by Crippen LogP contribution is -2.35. The van der Waals surface area contributed by atoms with Gasteiger partial charge in [-0.15, -0.1) is 11.8 Å². The normalized spacial score (nSPS) is 16.9. The van der Waals surface area contributed by atoms with Crippen LogP contribution in [0.25, 0.3) is 0 Å². The molecule has 0 radical (unpaired) electrons. The van der Waals surface area contributed by atoms with E-state index in [1.807, 2.05) is 37.4 Å². The fourth-order valence-corrected chi connectivity index (χ4v) is 3.43. The van der Waals surface area contributed by atoms with E-state index in [2.05, 4.69) is 5.32 Å². The molecule has 1 aliphatic heterocycles. The Hall–Kier alpha value is -2.18. The minimum Gasteiger partial charge on any atom is -0.495 e. The Morgan fingerprint density at radius 1 is 1.23 bits per heavy atom. The van der Waals surface area contributed by atoms with Crippen molar-refractivity contribution in [3.63, 3.8) is 0 Å². The molecule has 0 spiro atoms. The molecule has 3 rings (SSSR count). The zero-order chi connectivity index (χ0) is 18.8. The number of anilines is 2. The molecule has 1 fully saturated rings. The quantitative estimate of drug-likeness (QED) is 0.614. The Balaban J connectivity index is 1.86. The summed E-state index contributed by atoms with van der Waals surface area (Å²) in [6.45, 7) is 1.82. The molecule has 0 bridgehead atoms. The molecule has 1 unspecified atom stereocenters. The number of amides is 2. The van der Waals surface area contributed by atoms with E-state index in [-0.39, 0.29) is 18.2 Å². The number of imide groups is 1. The summed E-state index contributed by atoms with van der Waals surface area (Å²) in [5.74, 6) is -0.176. The molecule has 0 saturated carbocycles. The summed E-state index contributed by atoms with van der Waals surface area (Å²) < 4.78 is 5.32. The van der Waals surface area contributed by atoms with Crippen molar-refractivity contribution in [2.45, 2.75) is 24.3 Å². The lowest BCUT2D eigenvalue weighted by atomic mass is 10.2. The van der Waals surface area contributed by atoms with Crippen LogP contribution in [0.1, 0.15) is 12.0 Å². The Morgan fingerprint density at radius 2 is 1.92 bits per heavy atom. The van der Waals surface area contributed by atoms with Crippen LogP contribution in [-0.2, 0) is 9.59 Å². The number of nitrogens with one attached hydrogen (secondary N) is 1. The number of aryl methyl sites for hydroxylation is 1. The molecule has 2 aromatic carbocycles. The van der Waals surface area contributed by atoms with E-state index in [4.69, 9.17) is 16.3 Å². The first-order valence-corrected chi connectivity index (χ1v) is 9.66. The SMILES string of the molecule is COc1cc(Cl)c(C)cc1N1C(=O)CC(Nc2ccc(SC)cc2)C1=O. The number of ether oxygens (including phenoxy) is 1. The van der Waals surface area contributed by atoms with Crippen LogP contribution >= 0.6 is 23.4 Å². The second kappa shape index (κ2) is 7.60. The van der Waals surface area contributed by atoms with Crippen molar-refractivity contribution in [2.75, 3.05) is 23.6 Å². The summed E-state index contributed by atoms with van der Waals surface area (Å²) in [5.41, 5.74) is 1.99. The molecule has 0 aromatic heterocycles. The zero-order valence-electron chi connectivity index (χ0n) is 14.7. The minimum atomic E-state index is -0.608. The predicted molar refractivity (Wildman–Crippen MR) is 105 cm³/mol. The Labute approximate surface area is 161 Å². The molecule has 136 valence electrons. The third-order valence-corrected chi connectivity index (χ3v) is 5.43. The van der Waals surface area contributed by atoms with E-state index in [1.165, 1.54) is 12.0 Å². The molecule has 1 saturated heterocycles. The molecule has 0 aliphatic carbocycles. The minimum absolute atomic E-state index is 0.0912. The van der Waals surface area contributed by atoms with Crippen LogP contribution in [0.5, 0.6) is 5.75 Å². The van der Waals surface area contributed by atoms with Crippen LogP contribution in [0, 0.1) is 6.92 Å². The average molecular weight is 391 g/mol. The van der Waals surface area contributed by atoms with Gasteiger partial charge >= 0.3 is 0 Å². The van der Waals surface area contributed by atoms with Crippen LogP contribution in [0.4, 0.5) is 11.4 Å². The van der Waals surface area contributed by atoms with Crippen molar-refractivity contribution in [1.29, 1.82) is 0 Å². The van der Waals surface area contributed by atoms with E-state index in [0.717, 1.165) is 16.1 Å². The van der Waals surface area contributed by atoms with Gasteiger partial charge in [-0.05, 0) is 49.1 Å². The average Bonchev–Trinajstić information content (AvgIpc) is 2.91. The smallest absolute Gasteiger partial charge is 0.256 e. The predicted octanol–water partition coefficient (Wildman–Crippen LogP) is 4.12. The lowest BCUT2D eigenvalue weighted by molar-refractivity contribution is -0.121. The van der Waals surface area contributed by atoms with Gasteiger partial charge in [0.15, 0.2) is 0 Å². The van der Waals surface area contributed by atoms with Gasteiger partial charge in [0.2, 0.25) is 5.91 Å². The Kier molecular flexibility index (Phi) is 5.44. The van der Waals surface area contributed by atoms with Crippen LogP contribution < -0.4 is 15.0 Å². The summed E-state index contributed by atoms with van der Waals surface area (Å²) in [4.78, 5) is 27.7. The summed E-state index contributed by atoms with van der Waals surface area (Å²) in [7, 11) is 1.48. The fourth-order valence-electron chi connectivity index (χ4n) is 2.87. The highest BCUT2D eigenvalue weighted by Crippen LogP contribution is 2.36. The van der Waals surface area contributed by atoms with Crippen LogP contribution in [0.2, 0.25) is 5.02 Å². The Bertz CT molecular complexity index is 855. The number of hydrogen-bond donors (Lipinski definition) is 1. The molecule has 2 amide bonds. The maximum atomic E-state index is 12.9. The molecule has 2 aromatic rings. The van der Waals surface area contributed by atoms with Gasteiger partial charge in [-0.25, -0.2) is 4.90 Å².